The molecule has 3 aromatic heterocycles. The van der Waals surface area contributed by atoms with Crippen molar-refractivity contribution in [1.82, 2.24) is 19.5 Å². The Kier molecular flexibility index (Phi) is 5.65. The van der Waals surface area contributed by atoms with Gasteiger partial charge in [0.2, 0.25) is 5.95 Å². The molecule has 6 nitrogen and oxygen atoms in total. The van der Waals surface area contributed by atoms with Crippen molar-refractivity contribution in [2.24, 2.45) is 0 Å². The zero-order valence-electron chi connectivity index (χ0n) is 19.2. The molecule has 34 heavy (non-hydrogen) atoms. The molecule has 0 aliphatic carbocycles. The Morgan fingerprint density at radius 1 is 1.00 bits per heavy atom. The van der Waals surface area contributed by atoms with Crippen LogP contribution in [0, 0.1) is 6.92 Å². The van der Waals surface area contributed by atoms with Gasteiger partial charge in [-0.15, -0.1) is 16.4 Å². The molecular weight excluding hydrogens is 442 g/mol. The number of fused-ring (bicyclic) bond motifs is 2. The third kappa shape index (κ3) is 4.36. The standard InChI is InChI=1S/C27H27N5OS/c1-19-7-12-24-20(17-19)18-25(34-24)23-5-4-6-26-29-27(30-32(23)26)28-21-8-10-22(11-9-21)33-16-15-31-13-2-3-14-31/h4-12,17-18H,2-3,13-16H2,1H3,(H,28,30). The number of hydrogen-bond donors (Lipinski definition) is 1. The van der Waals surface area contributed by atoms with E-state index in [1.54, 1.807) is 11.3 Å². The van der Waals surface area contributed by atoms with E-state index in [1.165, 1.54) is 46.5 Å². The molecule has 1 aliphatic heterocycles. The summed E-state index contributed by atoms with van der Waals surface area (Å²) in [6.45, 7) is 6.24. The van der Waals surface area contributed by atoms with Crippen LogP contribution in [0.5, 0.6) is 5.75 Å². The molecule has 0 radical (unpaired) electrons. The Morgan fingerprint density at radius 3 is 2.71 bits per heavy atom. The van der Waals surface area contributed by atoms with E-state index < -0.39 is 0 Å². The molecule has 1 fully saturated rings. The van der Waals surface area contributed by atoms with Gasteiger partial charge in [0.25, 0.3) is 0 Å². The largest absolute Gasteiger partial charge is 0.492 e. The highest BCUT2D eigenvalue weighted by Crippen LogP contribution is 2.34. The molecular formula is C27H27N5OS. The van der Waals surface area contributed by atoms with Crippen molar-refractivity contribution < 1.29 is 4.74 Å². The lowest BCUT2D eigenvalue weighted by atomic mass is 10.2. The third-order valence-corrected chi connectivity index (χ3v) is 7.41. The first-order chi connectivity index (χ1) is 16.7. The van der Waals surface area contributed by atoms with E-state index in [0.29, 0.717) is 5.95 Å². The summed E-state index contributed by atoms with van der Waals surface area (Å²) in [5, 5.41) is 9.35. The summed E-state index contributed by atoms with van der Waals surface area (Å²) >= 11 is 1.78. The summed E-state index contributed by atoms with van der Waals surface area (Å²) in [6.07, 6.45) is 2.62. The van der Waals surface area contributed by atoms with Gasteiger partial charge in [-0.2, -0.15) is 4.98 Å². The minimum Gasteiger partial charge on any atom is -0.492 e. The predicted molar refractivity (Wildman–Crippen MR) is 139 cm³/mol. The summed E-state index contributed by atoms with van der Waals surface area (Å²) in [4.78, 5) is 8.32. The van der Waals surface area contributed by atoms with Crippen LogP contribution < -0.4 is 10.1 Å². The van der Waals surface area contributed by atoms with Gasteiger partial charge in [0, 0.05) is 16.9 Å². The Bertz CT molecular complexity index is 1430. The van der Waals surface area contributed by atoms with Crippen molar-refractivity contribution >= 4 is 38.7 Å². The van der Waals surface area contributed by atoms with Crippen molar-refractivity contribution in [3.63, 3.8) is 0 Å². The van der Waals surface area contributed by atoms with E-state index in [4.69, 9.17) is 9.84 Å². The number of nitrogens with zero attached hydrogens (tertiary/aromatic N) is 4. The SMILES string of the molecule is Cc1ccc2sc(-c3cccc4nc(Nc5ccc(OCCN6CCCC6)cc5)nn34)cc2c1. The first kappa shape index (κ1) is 21.1. The van der Waals surface area contributed by atoms with Gasteiger partial charge in [0.05, 0.1) is 10.6 Å². The van der Waals surface area contributed by atoms with Crippen LogP contribution in [0.4, 0.5) is 11.6 Å². The van der Waals surface area contributed by atoms with Crippen molar-refractivity contribution in [3.05, 3.63) is 72.3 Å². The van der Waals surface area contributed by atoms with Crippen LogP contribution in [0.2, 0.25) is 0 Å². The first-order valence-electron chi connectivity index (χ1n) is 11.8. The van der Waals surface area contributed by atoms with Crippen molar-refractivity contribution in [2.75, 3.05) is 31.6 Å². The number of anilines is 2. The Morgan fingerprint density at radius 2 is 1.85 bits per heavy atom. The maximum atomic E-state index is 5.91. The normalized spacial score (nSPS) is 14.3. The molecule has 0 atom stereocenters. The van der Waals surface area contributed by atoms with Gasteiger partial charge >= 0.3 is 0 Å². The van der Waals surface area contributed by atoms with Gasteiger partial charge in [0.15, 0.2) is 5.65 Å². The summed E-state index contributed by atoms with van der Waals surface area (Å²) < 4.78 is 9.10. The molecule has 0 saturated carbocycles. The van der Waals surface area contributed by atoms with Crippen LogP contribution in [0.15, 0.2) is 66.7 Å². The third-order valence-electron chi connectivity index (χ3n) is 6.27. The van der Waals surface area contributed by atoms with E-state index in [0.717, 1.165) is 35.9 Å². The zero-order chi connectivity index (χ0) is 22.9. The molecule has 172 valence electrons. The van der Waals surface area contributed by atoms with Gasteiger partial charge in [-0.05, 0) is 86.8 Å². The lowest BCUT2D eigenvalue weighted by molar-refractivity contribution is 0.238. The number of ether oxygens (including phenoxy) is 1. The van der Waals surface area contributed by atoms with Gasteiger partial charge in [-0.1, -0.05) is 23.8 Å². The van der Waals surface area contributed by atoms with E-state index in [2.05, 4.69) is 52.5 Å². The fourth-order valence-corrected chi connectivity index (χ4v) is 5.55. The average Bonchev–Trinajstić information content (AvgIpc) is 3.59. The van der Waals surface area contributed by atoms with Crippen LogP contribution in [0.25, 0.3) is 26.3 Å². The van der Waals surface area contributed by atoms with Crippen molar-refractivity contribution in [2.45, 2.75) is 19.8 Å². The zero-order valence-corrected chi connectivity index (χ0v) is 20.0. The monoisotopic (exact) mass is 469 g/mol. The molecule has 1 aliphatic rings. The number of benzene rings is 2. The number of rotatable bonds is 7. The lowest BCUT2D eigenvalue weighted by Gasteiger charge is -2.15. The summed E-state index contributed by atoms with van der Waals surface area (Å²) in [5.74, 6) is 1.46. The van der Waals surface area contributed by atoms with Crippen LogP contribution in [-0.4, -0.2) is 45.7 Å². The second-order valence-electron chi connectivity index (χ2n) is 8.81. The minimum absolute atomic E-state index is 0.576. The highest BCUT2D eigenvalue weighted by Gasteiger charge is 2.13. The van der Waals surface area contributed by atoms with E-state index in [1.807, 2.05) is 40.9 Å². The molecule has 5 aromatic rings. The Hall–Kier alpha value is -3.42. The maximum Gasteiger partial charge on any atom is 0.247 e. The topological polar surface area (TPSA) is 54.7 Å². The highest BCUT2D eigenvalue weighted by atomic mass is 32.1. The maximum absolute atomic E-state index is 5.91. The van der Waals surface area contributed by atoms with E-state index >= 15 is 0 Å². The van der Waals surface area contributed by atoms with Gasteiger partial charge in [-0.25, -0.2) is 4.52 Å². The van der Waals surface area contributed by atoms with Crippen molar-refractivity contribution in [1.29, 1.82) is 0 Å². The molecule has 1 saturated heterocycles. The summed E-state index contributed by atoms with van der Waals surface area (Å²) in [7, 11) is 0. The first-order valence-corrected chi connectivity index (χ1v) is 12.6. The molecule has 0 bridgehead atoms. The summed E-state index contributed by atoms with van der Waals surface area (Å²) in [6, 6.07) is 22.9. The fraction of sp³-hybridized carbons (Fsp3) is 0.259. The number of aromatic nitrogens is 3. The van der Waals surface area contributed by atoms with E-state index in [-0.39, 0.29) is 0 Å². The molecule has 1 N–H and O–H groups in total. The average molecular weight is 470 g/mol. The second kappa shape index (κ2) is 9.08. The minimum atomic E-state index is 0.576. The van der Waals surface area contributed by atoms with E-state index in [9.17, 15) is 0 Å². The lowest BCUT2D eigenvalue weighted by Crippen LogP contribution is -2.25. The molecule has 0 amide bonds. The molecule has 6 rings (SSSR count). The Balaban J connectivity index is 1.18. The molecule has 0 unspecified atom stereocenters. The predicted octanol–water partition coefficient (Wildman–Crippen LogP) is 6.14. The van der Waals surface area contributed by atoms with Crippen LogP contribution in [-0.2, 0) is 0 Å². The fourth-order valence-electron chi connectivity index (χ4n) is 4.50. The number of aryl methyl sites for hydroxylation is 1. The summed E-state index contributed by atoms with van der Waals surface area (Å²) in [5.41, 5.74) is 4.06. The molecule has 2 aromatic carbocycles. The number of pyridine rings is 1. The van der Waals surface area contributed by atoms with Gasteiger partial charge in [0.1, 0.15) is 12.4 Å². The Labute approximate surface area is 202 Å². The van der Waals surface area contributed by atoms with Gasteiger partial charge in [-0.3, -0.25) is 4.90 Å². The smallest absolute Gasteiger partial charge is 0.247 e. The number of thiophene rings is 1. The number of nitrogens with one attached hydrogen (secondary N) is 1. The number of likely N-dealkylation sites (tertiary alicyclic amines) is 1. The molecule has 0 spiro atoms. The highest BCUT2D eigenvalue weighted by molar-refractivity contribution is 7.22. The van der Waals surface area contributed by atoms with Crippen LogP contribution >= 0.6 is 11.3 Å². The van der Waals surface area contributed by atoms with Crippen LogP contribution in [0.3, 0.4) is 0 Å². The molecule has 7 heteroatoms. The van der Waals surface area contributed by atoms with Gasteiger partial charge < -0.3 is 10.1 Å². The van der Waals surface area contributed by atoms with Crippen LogP contribution in [0.1, 0.15) is 18.4 Å². The van der Waals surface area contributed by atoms with Crippen molar-refractivity contribution in [3.8, 4) is 16.3 Å². The second-order valence-corrected chi connectivity index (χ2v) is 9.90. The molecule has 4 heterocycles. The quantitative estimate of drug-likeness (QED) is 0.310. The number of hydrogen-bond acceptors (Lipinski definition) is 6.